The number of benzene rings is 2. The summed E-state index contributed by atoms with van der Waals surface area (Å²) in [4.78, 5) is 9.08. The van der Waals surface area contributed by atoms with Crippen LogP contribution in [0, 0.1) is 0 Å². The highest BCUT2D eigenvalue weighted by Crippen LogP contribution is 2.32. The normalized spacial score (nSPS) is 15.4. The fourth-order valence-corrected chi connectivity index (χ4v) is 3.83. The lowest BCUT2D eigenvalue weighted by molar-refractivity contribution is -0.138. The van der Waals surface area contributed by atoms with E-state index >= 15 is 0 Å². The Morgan fingerprint density at radius 1 is 0.897 bits per heavy atom. The third-order valence-electron chi connectivity index (χ3n) is 5.31. The lowest BCUT2D eigenvalue weighted by Crippen LogP contribution is -2.23. The molecule has 2 N–H and O–H groups in total. The maximum Gasteiger partial charge on any atom is 0.416 e. The van der Waals surface area contributed by atoms with E-state index in [9.17, 15) is 13.2 Å². The number of rotatable bonds is 5. The van der Waals surface area contributed by atoms with Crippen molar-refractivity contribution in [2.75, 3.05) is 10.6 Å². The fourth-order valence-electron chi connectivity index (χ4n) is 3.83. The van der Waals surface area contributed by atoms with Crippen molar-refractivity contribution in [3.63, 3.8) is 0 Å². The topological polar surface area (TPSA) is 49.8 Å². The minimum Gasteiger partial charge on any atom is -0.367 e. The van der Waals surface area contributed by atoms with Crippen molar-refractivity contribution < 1.29 is 13.2 Å². The Balaban J connectivity index is 1.60. The van der Waals surface area contributed by atoms with Gasteiger partial charge in [-0.25, -0.2) is 4.98 Å². The highest BCUT2D eigenvalue weighted by Gasteiger charge is 2.32. The van der Waals surface area contributed by atoms with Gasteiger partial charge in [0.2, 0.25) is 5.95 Å². The van der Waals surface area contributed by atoms with Crippen LogP contribution in [0.2, 0.25) is 0 Å². The van der Waals surface area contributed by atoms with Gasteiger partial charge >= 0.3 is 6.18 Å². The van der Waals surface area contributed by atoms with Crippen LogP contribution in [0.1, 0.15) is 43.2 Å². The first-order valence-electron chi connectivity index (χ1n) is 9.93. The standard InChI is InChI=1S/C22H23F3N4/c23-22(24,25)18-12-6-4-8-15(18)14-26-21-28-19-13-7-5-11-17(19)20(29-21)27-16-9-2-1-3-10-16/h4-8,11-13,16H,1-3,9-10,14H2,(H2,26,27,28,29). The molecule has 1 aromatic heterocycles. The Bertz CT molecular complexity index is 981. The monoisotopic (exact) mass is 400 g/mol. The van der Waals surface area contributed by atoms with E-state index in [1.54, 1.807) is 6.07 Å². The van der Waals surface area contributed by atoms with Crippen molar-refractivity contribution >= 4 is 22.7 Å². The summed E-state index contributed by atoms with van der Waals surface area (Å²) in [5, 5.41) is 7.42. The van der Waals surface area contributed by atoms with E-state index < -0.39 is 11.7 Å². The van der Waals surface area contributed by atoms with Crippen LogP contribution >= 0.6 is 0 Å². The van der Waals surface area contributed by atoms with E-state index in [1.165, 1.54) is 31.4 Å². The van der Waals surface area contributed by atoms with Crippen LogP contribution in [0.4, 0.5) is 24.9 Å². The van der Waals surface area contributed by atoms with Crippen molar-refractivity contribution in [1.82, 2.24) is 9.97 Å². The van der Waals surface area contributed by atoms with E-state index in [0.29, 0.717) is 12.0 Å². The maximum absolute atomic E-state index is 13.2. The molecular formula is C22H23F3N4. The summed E-state index contributed by atoms with van der Waals surface area (Å²) in [5.74, 6) is 1.05. The van der Waals surface area contributed by atoms with Crippen molar-refractivity contribution in [1.29, 1.82) is 0 Å². The van der Waals surface area contributed by atoms with Crippen molar-refractivity contribution in [2.45, 2.75) is 50.9 Å². The number of halogens is 3. The third-order valence-corrected chi connectivity index (χ3v) is 5.31. The molecule has 152 valence electrons. The second kappa shape index (κ2) is 8.27. The van der Waals surface area contributed by atoms with E-state index in [-0.39, 0.29) is 12.1 Å². The smallest absolute Gasteiger partial charge is 0.367 e. The first-order valence-corrected chi connectivity index (χ1v) is 9.93. The Kier molecular flexibility index (Phi) is 5.56. The molecule has 29 heavy (non-hydrogen) atoms. The molecule has 0 radical (unpaired) electrons. The van der Waals surface area contributed by atoms with Gasteiger partial charge in [0.25, 0.3) is 0 Å². The second-order valence-corrected chi connectivity index (χ2v) is 7.40. The second-order valence-electron chi connectivity index (χ2n) is 7.40. The minimum atomic E-state index is -4.39. The number of fused-ring (bicyclic) bond motifs is 1. The predicted molar refractivity (Wildman–Crippen MR) is 109 cm³/mol. The summed E-state index contributed by atoms with van der Waals surface area (Å²) in [6.07, 6.45) is 1.45. The number of nitrogens with zero attached hydrogens (tertiary/aromatic N) is 2. The third kappa shape index (κ3) is 4.60. The van der Waals surface area contributed by atoms with Crippen LogP contribution in [0.3, 0.4) is 0 Å². The highest BCUT2D eigenvalue weighted by molar-refractivity contribution is 5.90. The van der Waals surface area contributed by atoms with Crippen LogP contribution in [0.15, 0.2) is 48.5 Å². The molecule has 1 aliphatic carbocycles. The van der Waals surface area contributed by atoms with Gasteiger partial charge in [-0.1, -0.05) is 49.6 Å². The average molecular weight is 400 g/mol. The summed E-state index contributed by atoms with van der Waals surface area (Å²) in [6, 6.07) is 13.6. The number of aromatic nitrogens is 2. The zero-order chi connectivity index (χ0) is 20.3. The average Bonchev–Trinajstić information content (AvgIpc) is 2.72. The number of alkyl halides is 3. The van der Waals surface area contributed by atoms with Gasteiger partial charge in [0.1, 0.15) is 5.82 Å². The highest BCUT2D eigenvalue weighted by atomic mass is 19.4. The van der Waals surface area contributed by atoms with Crippen molar-refractivity contribution in [2.24, 2.45) is 0 Å². The van der Waals surface area contributed by atoms with Gasteiger partial charge in [-0.15, -0.1) is 0 Å². The molecule has 0 amide bonds. The summed E-state index contributed by atoms with van der Waals surface area (Å²) >= 11 is 0. The fraction of sp³-hybridized carbons (Fsp3) is 0.364. The molecule has 1 aliphatic rings. The Labute approximate surface area is 167 Å². The summed E-state index contributed by atoms with van der Waals surface area (Å²) < 4.78 is 39.7. The molecule has 2 aromatic carbocycles. The number of para-hydroxylation sites is 1. The van der Waals surface area contributed by atoms with Crippen LogP contribution in [-0.2, 0) is 12.7 Å². The first-order chi connectivity index (χ1) is 14.0. The van der Waals surface area contributed by atoms with Crippen LogP contribution in [0.25, 0.3) is 10.9 Å². The zero-order valence-corrected chi connectivity index (χ0v) is 16.0. The van der Waals surface area contributed by atoms with Gasteiger partial charge in [0.05, 0.1) is 11.1 Å². The Morgan fingerprint density at radius 3 is 2.41 bits per heavy atom. The van der Waals surface area contributed by atoms with E-state index in [2.05, 4.69) is 20.6 Å². The van der Waals surface area contributed by atoms with Gasteiger partial charge in [-0.2, -0.15) is 18.2 Å². The minimum absolute atomic E-state index is 0.00308. The molecular weight excluding hydrogens is 377 g/mol. The lowest BCUT2D eigenvalue weighted by Gasteiger charge is -2.24. The Morgan fingerprint density at radius 2 is 1.62 bits per heavy atom. The number of hydrogen-bond donors (Lipinski definition) is 2. The quantitative estimate of drug-likeness (QED) is 0.551. The van der Waals surface area contributed by atoms with E-state index in [0.717, 1.165) is 35.6 Å². The molecule has 1 heterocycles. The van der Waals surface area contributed by atoms with Gasteiger partial charge in [-0.3, -0.25) is 0 Å². The van der Waals surface area contributed by atoms with Gasteiger partial charge in [0, 0.05) is 18.0 Å². The van der Waals surface area contributed by atoms with Crippen molar-refractivity contribution in [3.05, 3.63) is 59.7 Å². The first kappa shape index (κ1) is 19.5. The van der Waals surface area contributed by atoms with Crippen molar-refractivity contribution in [3.8, 4) is 0 Å². The van der Waals surface area contributed by atoms with E-state index in [4.69, 9.17) is 0 Å². The maximum atomic E-state index is 13.2. The largest absolute Gasteiger partial charge is 0.416 e. The van der Waals surface area contributed by atoms with E-state index in [1.807, 2.05) is 24.3 Å². The van der Waals surface area contributed by atoms with Crippen LogP contribution in [-0.4, -0.2) is 16.0 Å². The Hall–Kier alpha value is -2.83. The molecule has 4 rings (SSSR count). The number of nitrogens with one attached hydrogen (secondary N) is 2. The molecule has 0 atom stereocenters. The molecule has 4 nitrogen and oxygen atoms in total. The molecule has 1 saturated carbocycles. The summed E-state index contributed by atoms with van der Waals surface area (Å²) in [5.41, 5.74) is 0.278. The number of hydrogen-bond acceptors (Lipinski definition) is 4. The molecule has 0 saturated heterocycles. The number of anilines is 2. The molecule has 0 bridgehead atoms. The lowest BCUT2D eigenvalue weighted by atomic mass is 9.95. The van der Waals surface area contributed by atoms with Gasteiger partial charge in [-0.05, 0) is 36.6 Å². The molecule has 0 aliphatic heterocycles. The summed E-state index contributed by atoms with van der Waals surface area (Å²) in [7, 11) is 0. The predicted octanol–water partition coefficient (Wildman–Crippen LogP) is 6.01. The van der Waals surface area contributed by atoms with Gasteiger partial charge < -0.3 is 10.6 Å². The molecule has 0 spiro atoms. The zero-order valence-electron chi connectivity index (χ0n) is 16.0. The summed E-state index contributed by atoms with van der Waals surface area (Å²) in [6.45, 7) is -0.00308. The van der Waals surface area contributed by atoms with Gasteiger partial charge in [0.15, 0.2) is 0 Å². The molecule has 0 unspecified atom stereocenters. The van der Waals surface area contributed by atoms with Crippen LogP contribution in [0.5, 0.6) is 0 Å². The SMILES string of the molecule is FC(F)(F)c1ccccc1CNc1nc(NC2CCCCC2)c2ccccc2n1. The molecule has 3 aromatic rings. The van der Waals surface area contributed by atoms with Crippen LogP contribution < -0.4 is 10.6 Å². The molecule has 1 fully saturated rings. The molecule has 7 heteroatoms.